The molecule has 1 heteroatoms. The van der Waals surface area contributed by atoms with Crippen LogP contribution in [0.15, 0.2) is 42.5 Å². The van der Waals surface area contributed by atoms with Crippen molar-refractivity contribution >= 4 is 0 Å². The first-order valence-corrected chi connectivity index (χ1v) is 7.13. The van der Waals surface area contributed by atoms with Crippen LogP contribution >= 0.6 is 0 Å². The van der Waals surface area contributed by atoms with Gasteiger partial charge in [-0.25, -0.2) is 0 Å². The van der Waals surface area contributed by atoms with E-state index >= 15 is 0 Å². The lowest BCUT2D eigenvalue weighted by molar-refractivity contribution is 0.688. The molecule has 0 aliphatic heterocycles. The summed E-state index contributed by atoms with van der Waals surface area (Å²) in [5.41, 5.74) is 6.81. The molecule has 0 saturated heterocycles. The Morgan fingerprint density at radius 3 is 2.63 bits per heavy atom. The van der Waals surface area contributed by atoms with Gasteiger partial charge in [0.1, 0.15) is 0 Å². The molecule has 0 atom stereocenters. The molecule has 0 aromatic heterocycles. The van der Waals surface area contributed by atoms with Gasteiger partial charge >= 0.3 is 0 Å². The highest BCUT2D eigenvalue weighted by atomic mass is 14.9. The molecular weight excluding hydrogens is 230 g/mol. The minimum absolute atomic E-state index is 0.768. The molecular formula is C18H21N. The number of rotatable bonds is 4. The Balaban J connectivity index is 1.86. The van der Waals surface area contributed by atoms with Crippen molar-refractivity contribution < 1.29 is 0 Å². The molecule has 1 N–H and O–H groups in total. The van der Waals surface area contributed by atoms with E-state index in [4.69, 9.17) is 0 Å². The topological polar surface area (TPSA) is 12.0 Å². The van der Waals surface area contributed by atoms with Crippen molar-refractivity contribution in [1.29, 1.82) is 0 Å². The van der Waals surface area contributed by atoms with Crippen LogP contribution in [-0.4, -0.2) is 6.04 Å². The number of nitrogens with one attached hydrogen (secondary N) is 1. The van der Waals surface area contributed by atoms with Crippen molar-refractivity contribution in [1.82, 2.24) is 5.32 Å². The van der Waals surface area contributed by atoms with Gasteiger partial charge in [-0.3, -0.25) is 0 Å². The Hall–Kier alpha value is -1.60. The summed E-state index contributed by atoms with van der Waals surface area (Å²) < 4.78 is 0. The van der Waals surface area contributed by atoms with Crippen LogP contribution in [-0.2, 0) is 6.54 Å². The van der Waals surface area contributed by atoms with Crippen LogP contribution in [0.25, 0.3) is 11.1 Å². The summed E-state index contributed by atoms with van der Waals surface area (Å²) in [6.45, 7) is 5.38. The Morgan fingerprint density at radius 2 is 1.84 bits per heavy atom. The molecule has 1 aliphatic carbocycles. The number of aryl methyl sites for hydroxylation is 1. The molecule has 0 unspecified atom stereocenters. The van der Waals surface area contributed by atoms with E-state index in [1.54, 1.807) is 0 Å². The van der Waals surface area contributed by atoms with Crippen molar-refractivity contribution in [3.8, 4) is 11.1 Å². The van der Waals surface area contributed by atoms with Gasteiger partial charge in [0.05, 0.1) is 0 Å². The highest BCUT2D eigenvalue weighted by molar-refractivity contribution is 5.68. The summed E-state index contributed by atoms with van der Waals surface area (Å²) in [5, 5.41) is 3.58. The second-order valence-corrected chi connectivity index (χ2v) is 5.60. The Kier molecular flexibility index (Phi) is 3.39. The minimum Gasteiger partial charge on any atom is -0.310 e. The van der Waals surface area contributed by atoms with Gasteiger partial charge in [0.25, 0.3) is 0 Å². The maximum atomic E-state index is 3.58. The molecule has 1 fully saturated rings. The average Bonchev–Trinajstić information content (AvgIpc) is 3.24. The van der Waals surface area contributed by atoms with Crippen LogP contribution in [0.4, 0.5) is 0 Å². The van der Waals surface area contributed by atoms with E-state index < -0.39 is 0 Å². The summed E-state index contributed by atoms with van der Waals surface area (Å²) in [4.78, 5) is 0. The molecule has 0 spiro atoms. The minimum atomic E-state index is 0.768. The molecule has 0 radical (unpaired) electrons. The smallest absolute Gasteiger partial charge is 0.0208 e. The third-order valence-electron chi connectivity index (χ3n) is 4.01. The molecule has 1 nitrogen and oxygen atoms in total. The van der Waals surface area contributed by atoms with E-state index in [2.05, 4.69) is 61.6 Å². The lowest BCUT2D eigenvalue weighted by atomic mass is 9.96. The van der Waals surface area contributed by atoms with Gasteiger partial charge in [-0.2, -0.15) is 0 Å². The van der Waals surface area contributed by atoms with E-state index in [1.807, 2.05) is 0 Å². The summed E-state index contributed by atoms with van der Waals surface area (Å²) in [5.74, 6) is 0. The molecule has 2 aromatic carbocycles. The summed E-state index contributed by atoms with van der Waals surface area (Å²) in [6, 6.07) is 16.2. The van der Waals surface area contributed by atoms with Crippen LogP contribution < -0.4 is 5.32 Å². The lowest BCUT2D eigenvalue weighted by Gasteiger charge is -2.10. The van der Waals surface area contributed by atoms with Crippen molar-refractivity contribution in [3.05, 3.63) is 59.2 Å². The lowest BCUT2D eigenvalue weighted by Crippen LogP contribution is -2.15. The molecule has 1 saturated carbocycles. The highest BCUT2D eigenvalue weighted by Gasteiger charge is 2.19. The van der Waals surface area contributed by atoms with Crippen molar-refractivity contribution in [2.24, 2.45) is 0 Å². The second-order valence-electron chi connectivity index (χ2n) is 5.60. The fourth-order valence-corrected chi connectivity index (χ4v) is 2.46. The maximum Gasteiger partial charge on any atom is 0.0208 e. The van der Waals surface area contributed by atoms with Crippen LogP contribution in [0.5, 0.6) is 0 Å². The van der Waals surface area contributed by atoms with E-state index in [0.717, 1.165) is 12.6 Å². The van der Waals surface area contributed by atoms with Gasteiger partial charge in [-0.1, -0.05) is 36.4 Å². The number of hydrogen-bond donors (Lipinski definition) is 1. The van der Waals surface area contributed by atoms with Crippen molar-refractivity contribution in [2.75, 3.05) is 0 Å². The fraction of sp³-hybridized carbons (Fsp3) is 0.333. The van der Waals surface area contributed by atoms with E-state index in [1.165, 1.54) is 40.7 Å². The molecule has 0 heterocycles. The monoisotopic (exact) mass is 251 g/mol. The molecule has 0 amide bonds. The van der Waals surface area contributed by atoms with Gasteiger partial charge in [0.15, 0.2) is 0 Å². The summed E-state index contributed by atoms with van der Waals surface area (Å²) in [6.07, 6.45) is 2.69. The maximum absolute atomic E-state index is 3.58. The van der Waals surface area contributed by atoms with Gasteiger partial charge < -0.3 is 5.32 Å². The SMILES string of the molecule is Cc1cccc(-c2cccc(CNC3CC3)c2)c1C. The third-order valence-corrected chi connectivity index (χ3v) is 4.01. The van der Waals surface area contributed by atoms with Crippen molar-refractivity contribution in [3.63, 3.8) is 0 Å². The third kappa shape index (κ3) is 2.87. The fourth-order valence-electron chi connectivity index (χ4n) is 2.46. The first kappa shape index (κ1) is 12.4. The summed E-state index contributed by atoms with van der Waals surface area (Å²) in [7, 11) is 0. The predicted molar refractivity (Wildman–Crippen MR) is 81.2 cm³/mol. The van der Waals surface area contributed by atoms with E-state index in [-0.39, 0.29) is 0 Å². The van der Waals surface area contributed by atoms with E-state index in [9.17, 15) is 0 Å². The van der Waals surface area contributed by atoms with Crippen LogP contribution in [0.1, 0.15) is 29.5 Å². The number of benzene rings is 2. The molecule has 3 rings (SSSR count). The first-order valence-electron chi connectivity index (χ1n) is 7.13. The Labute approximate surface area is 115 Å². The molecule has 98 valence electrons. The predicted octanol–water partition coefficient (Wildman–Crippen LogP) is 4.22. The largest absolute Gasteiger partial charge is 0.310 e. The number of hydrogen-bond acceptors (Lipinski definition) is 1. The normalized spacial score (nSPS) is 14.6. The van der Waals surface area contributed by atoms with Crippen LogP contribution in [0.3, 0.4) is 0 Å². The second kappa shape index (κ2) is 5.18. The quantitative estimate of drug-likeness (QED) is 0.857. The Bertz CT molecular complexity index is 582. The van der Waals surface area contributed by atoms with E-state index in [0.29, 0.717) is 0 Å². The zero-order valence-corrected chi connectivity index (χ0v) is 11.7. The van der Waals surface area contributed by atoms with Crippen molar-refractivity contribution in [2.45, 2.75) is 39.3 Å². The summed E-state index contributed by atoms with van der Waals surface area (Å²) >= 11 is 0. The molecule has 2 aromatic rings. The van der Waals surface area contributed by atoms with Crippen LogP contribution in [0.2, 0.25) is 0 Å². The average molecular weight is 251 g/mol. The van der Waals surface area contributed by atoms with Gasteiger partial charge in [0.2, 0.25) is 0 Å². The standard InChI is InChI=1S/C18H21N/c1-13-5-3-8-18(14(13)2)16-7-4-6-15(11-16)12-19-17-9-10-17/h3-8,11,17,19H,9-10,12H2,1-2H3. The molecule has 19 heavy (non-hydrogen) atoms. The van der Waals surface area contributed by atoms with Gasteiger partial charge in [-0.15, -0.1) is 0 Å². The van der Waals surface area contributed by atoms with Gasteiger partial charge in [-0.05, 0) is 60.6 Å². The molecule has 1 aliphatic rings. The Morgan fingerprint density at radius 1 is 1.05 bits per heavy atom. The van der Waals surface area contributed by atoms with Crippen LogP contribution in [0, 0.1) is 13.8 Å². The van der Waals surface area contributed by atoms with Gasteiger partial charge in [0, 0.05) is 12.6 Å². The highest BCUT2D eigenvalue weighted by Crippen LogP contribution is 2.26. The molecule has 0 bridgehead atoms. The zero-order valence-electron chi connectivity index (χ0n) is 11.7. The first-order chi connectivity index (χ1) is 9.24. The zero-order chi connectivity index (χ0) is 13.2.